The quantitative estimate of drug-likeness (QED) is 0.842. The van der Waals surface area contributed by atoms with Crippen LogP contribution in [0, 0.1) is 5.92 Å². The Morgan fingerprint density at radius 2 is 1.45 bits per heavy atom. The number of hydrogen-bond donors (Lipinski definition) is 1. The van der Waals surface area contributed by atoms with Crippen molar-refractivity contribution in [3.63, 3.8) is 0 Å². The van der Waals surface area contributed by atoms with Crippen molar-refractivity contribution >= 4 is 11.9 Å². The number of carbonyl (C=O) groups excluding carboxylic acids is 1. The summed E-state index contributed by atoms with van der Waals surface area (Å²) < 4.78 is 0. The Balaban J connectivity index is 1.99. The van der Waals surface area contributed by atoms with Crippen LogP contribution in [0.3, 0.4) is 0 Å². The highest BCUT2D eigenvalue weighted by Gasteiger charge is 2.31. The van der Waals surface area contributed by atoms with E-state index in [0.717, 1.165) is 38.5 Å². The molecule has 0 heterocycles. The van der Waals surface area contributed by atoms with Gasteiger partial charge in [0.25, 0.3) is 0 Å². The van der Waals surface area contributed by atoms with Gasteiger partial charge in [-0.05, 0) is 25.7 Å². The highest BCUT2D eigenvalue weighted by atomic mass is 16.4. The maximum Gasteiger partial charge on any atom is 0.305 e. The molecular formula is C16H27NO3. The molecule has 4 nitrogen and oxygen atoms in total. The number of aliphatic carboxylic acids is 1. The molecule has 0 aromatic carbocycles. The lowest BCUT2D eigenvalue weighted by molar-refractivity contribution is -0.142. The third kappa shape index (κ3) is 4.22. The lowest BCUT2D eigenvalue weighted by atomic mass is 9.86. The summed E-state index contributed by atoms with van der Waals surface area (Å²) in [5.74, 6) is -0.417. The molecule has 2 aliphatic rings. The van der Waals surface area contributed by atoms with Gasteiger partial charge < -0.3 is 10.0 Å². The van der Waals surface area contributed by atoms with Crippen LogP contribution in [0.25, 0.3) is 0 Å². The lowest BCUT2D eigenvalue weighted by Crippen LogP contribution is -2.45. The number of carboxylic acid groups (broad SMARTS) is 1. The van der Waals surface area contributed by atoms with E-state index in [4.69, 9.17) is 5.11 Å². The topological polar surface area (TPSA) is 57.6 Å². The molecule has 0 bridgehead atoms. The summed E-state index contributed by atoms with van der Waals surface area (Å²) in [5.41, 5.74) is 0. The Kier molecular flexibility index (Phi) is 5.86. The average Bonchev–Trinajstić information content (AvgIpc) is 2.49. The smallest absolute Gasteiger partial charge is 0.305 e. The van der Waals surface area contributed by atoms with E-state index >= 15 is 0 Å². The molecule has 0 aromatic heterocycles. The van der Waals surface area contributed by atoms with Crippen molar-refractivity contribution < 1.29 is 14.7 Å². The molecule has 2 saturated carbocycles. The second kappa shape index (κ2) is 7.65. The van der Waals surface area contributed by atoms with Gasteiger partial charge in [0, 0.05) is 18.5 Å². The monoisotopic (exact) mass is 281 g/mol. The van der Waals surface area contributed by atoms with Crippen LogP contribution in [0.4, 0.5) is 0 Å². The van der Waals surface area contributed by atoms with Crippen LogP contribution in [0.15, 0.2) is 0 Å². The minimum absolute atomic E-state index is 0.0783. The highest BCUT2D eigenvalue weighted by molar-refractivity contribution is 5.80. The Morgan fingerprint density at radius 3 is 2.00 bits per heavy atom. The minimum Gasteiger partial charge on any atom is -0.481 e. The molecule has 2 rings (SSSR count). The van der Waals surface area contributed by atoms with Crippen molar-refractivity contribution in [2.45, 2.75) is 76.7 Å². The van der Waals surface area contributed by atoms with E-state index in [2.05, 4.69) is 0 Å². The van der Waals surface area contributed by atoms with Gasteiger partial charge in [0.05, 0.1) is 6.42 Å². The van der Waals surface area contributed by atoms with Gasteiger partial charge >= 0.3 is 5.97 Å². The zero-order valence-corrected chi connectivity index (χ0v) is 12.4. The van der Waals surface area contributed by atoms with Crippen LogP contribution in [0.5, 0.6) is 0 Å². The van der Waals surface area contributed by atoms with Crippen molar-refractivity contribution in [2.75, 3.05) is 6.54 Å². The van der Waals surface area contributed by atoms with Crippen LogP contribution in [-0.4, -0.2) is 34.5 Å². The fourth-order valence-electron chi connectivity index (χ4n) is 3.67. The number of amides is 1. The predicted molar refractivity (Wildman–Crippen MR) is 77.4 cm³/mol. The summed E-state index contributed by atoms with van der Waals surface area (Å²) in [6.45, 7) is 0.398. The third-order valence-electron chi connectivity index (χ3n) is 4.82. The number of rotatable bonds is 5. The van der Waals surface area contributed by atoms with Crippen molar-refractivity contribution in [1.82, 2.24) is 4.90 Å². The highest BCUT2D eigenvalue weighted by Crippen LogP contribution is 2.29. The van der Waals surface area contributed by atoms with Gasteiger partial charge in [0.2, 0.25) is 5.91 Å². The molecule has 2 aliphatic carbocycles. The van der Waals surface area contributed by atoms with Crippen LogP contribution in [-0.2, 0) is 9.59 Å². The fourth-order valence-corrected chi connectivity index (χ4v) is 3.67. The van der Waals surface area contributed by atoms with E-state index in [-0.39, 0.29) is 24.3 Å². The second-order valence-corrected chi connectivity index (χ2v) is 6.30. The lowest BCUT2D eigenvalue weighted by Gasteiger charge is -2.37. The van der Waals surface area contributed by atoms with Crippen LogP contribution in [0.1, 0.15) is 70.6 Å². The first-order chi connectivity index (χ1) is 9.68. The molecule has 0 saturated heterocycles. The van der Waals surface area contributed by atoms with Gasteiger partial charge in [-0.3, -0.25) is 9.59 Å². The van der Waals surface area contributed by atoms with E-state index in [1.165, 1.54) is 25.7 Å². The van der Waals surface area contributed by atoms with Crippen molar-refractivity contribution in [3.8, 4) is 0 Å². The summed E-state index contributed by atoms with van der Waals surface area (Å²) in [6.07, 6.45) is 11.3. The summed E-state index contributed by atoms with van der Waals surface area (Å²) in [5, 5.41) is 8.91. The number of hydrogen-bond acceptors (Lipinski definition) is 2. The molecule has 0 aliphatic heterocycles. The maximum absolute atomic E-state index is 12.7. The minimum atomic E-state index is -0.803. The SMILES string of the molecule is O=C(O)CCN(C(=O)C1CCCCC1)C1CCCCC1. The first-order valence-electron chi connectivity index (χ1n) is 8.21. The molecule has 0 unspecified atom stereocenters. The number of carbonyl (C=O) groups is 2. The summed E-state index contributed by atoms with van der Waals surface area (Å²) in [6, 6.07) is 0.289. The van der Waals surface area contributed by atoms with Crippen molar-refractivity contribution in [2.24, 2.45) is 5.92 Å². The Hall–Kier alpha value is -1.06. The molecule has 0 aromatic rings. The summed E-state index contributed by atoms with van der Waals surface area (Å²) >= 11 is 0. The predicted octanol–water partition coefficient (Wildman–Crippen LogP) is 3.20. The van der Waals surface area contributed by atoms with Crippen LogP contribution in [0.2, 0.25) is 0 Å². The van der Waals surface area contributed by atoms with E-state index in [0.29, 0.717) is 6.54 Å². The van der Waals surface area contributed by atoms with Crippen LogP contribution < -0.4 is 0 Å². The summed E-state index contributed by atoms with van der Waals surface area (Å²) in [7, 11) is 0. The van der Waals surface area contributed by atoms with E-state index < -0.39 is 5.97 Å². The van der Waals surface area contributed by atoms with E-state index in [1.807, 2.05) is 4.90 Å². The maximum atomic E-state index is 12.7. The van der Waals surface area contributed by atoms with Crippen molar-refractivity contribution in [3.05, 3.63) is 0 Å². The molecule has 2 fully saturated rings. The van der Waals surface area contributed by atoms with Gasteiger partial charge in [-0.15, -0.1) is 0 Å². The van der Waals surface area contributed by atoms with E-state index in [1.54, 1.807) is 0 Å². The first kappa shape index (κ1) is 15.3. The molecular weight excluding hydrogens is 254 g/mol. The van der Waals surface area contributed by atoms with Gasteiger partial charge in [0.1, 0.15) is 0 Å². The fraction of sp³-hybridized carbons (Fsp3) is 0.875. The Bertz CT molecular complexity index is 331. The number of carboxylic acids is 1. The van der Waals surface area contributed by atoms with Gasteiger partial charge in [-0.25, -0.2) is 0 Å². The molecule has 4 heteroatoms. The average molecular weight is 281 g/mol. The zero-order chi connectivity index (χ0) is 14.4. The molecule has 0 radical (unpaired) electrons. The molecule has 114 valence electrons. The van der Waals surface area contributed by atoms with Gasteiger partial charge in [-0.2, -0.15) is 0 Å². The summed E-state index contributed by atoms with van der Waals surface area (Å²) in [4.78, 5) is 25.5. The largest absolute Gasteiger partial charge is 0.481 e. The van der Waals surface area contributed by atoms with Gasteiger partial charge in [-0.1, -0.05) is 38.5 Å². The molecule has 1 N–H and O–H groups in total. The normalized spacial score (nSPS) is 21.6. The van der Waals surface area contributed by atoms with E-state index in [9.17, 15) is 9.59 Å². The van der Waals surface area contributed by atoms with Gasteiger partial charge in [0.15, 0.2) is 0 Å². The number of nitrogens with zero attached hydrogens (tertiary/aromatic N) is 1. The first-order valence-corrected chi connectivity index (χ1v) is 8.21. The van der Waals surface area contributed by atoms with Crippen LogP contribution >= 0.6 is 0 Å². The second-order valence-electron chi connectivity index (χ2n) is 6.30. The molecule has 20 heavy (non-hydrogen) atoms. The third-order valence-corrected chi connectivity index (χ3v) is 4.82. The molecule has 1 amide bonds. The van der Waals surface area contributed by atoms with Crippen molar-refractivity contribution in [1.29, 1.82) is 0 Å². The molecule has 0 atom stereocenters. The Labute approximate surface area is 121 Å². The standard InChI is InChI=1S/C16H27NO3/c18-15(19)11-12-17(14-9-5-2-6-10-14)16(20)13-7-3-1-4-8-13/h13-14H,1-12H2,(H,18,19). The molecule has 0 spiro atoms. The zero-order valence-electron chi connectivity index (χ0n) is 12.4. The Morgan fingerprint density at radius 1 is 0.900 bits per heavy atom.